The van der Waals surface area contributed by atoms with Crippen molar-refractivity contribution in [1.29, 1.82) is 0 Å². The molecular weight excluding hydrogens is 358 g/mol. The number of nitrogens with one attached hydrogen (secondary N) is 2. The van der Waals surface area contributed by atoms with Crippen LogP contribution in [0.3, 0.4) is 0 Å². The van der Waals surface area contributed by atoms with E-state index in [1.807, 2.05) is 6.07 Å². The Morgan fingerprint density at radius 1 is 1.23 bits per heavy atom. The zero-order chi connectivity index (χ0) is 18.4. The summed E-state index contributed by atoms with van der Waals surface area (Å²) in [5.41, 5.74) is 1.49. The Bertz CT molecular complexity index is 844. The van der Waals surface area contributed by atoms with Gasteiger partial charge in [-0.25, -0.2) is 4.98 Å². The minimum Gasteiger partial charge on any atom is -0.394 e. The monoisotopic (exact) mass is 375 g/mol. The van der Waals surface area contributed by atoms with Crippen LogP contribution in [-0.2, 0) is 6.54 Å². The van der Waals surface area contributed by atoms with Crippen molar-refractivity contribution in [3.8, 4) is 0 Å². The Balaban J connectivity index is 1.76. The van der Waals surface area contributed by atoms with Gasteiger partial charge in [0.05, 0.1) is 43.9 Å². The van der Waals surface area contributed by atoms with Crippen molar-refractivity contribution in [1.82, 2.24) is 24.7 Å². The molecule has 3 aromatic heterocycles. The quantitative estimate of drug-likeness (QED) is 0.468. The van der Waals surface area contributed by atoms with E-state index >= 15 is 0 Å². The molecule has 136 valence electrons. The molecule has 0 amide bonds. The minimum absolute atomic E-state index is 0.00350. The molecular formula is C16H18ClN7O2. The van der Waals surface area contributed by atoms with E-state index in [0.29, 0.717) is 29.0 Å². The lowest BCUT2D eigenvalue weighted by Crippen LogP contribution is -2.16. The molecule has 26 heavy (non-hydrogen) atoms. The molecule has 0 aliphatic heterocycles. The number of hydrogen-bond donors (Lipinski definition) is 4. The number of aliphatic hydroxyl groups is 2. The van der Waals surface area contributed by atoms with Gasteiger partial charge in [0, 0.05) is 18.6 Å². The van der Waals surface area contributed by atoms with Crippen molar-refractivity contribution in [2.75, 3.05) is 23.8 Å². The van der Waals surface area contributed by atoms with E-state index in [9.17, 15) is 5.11 Å². The number of aliphatic hydroxyl groups excluding tert-OH is 2. The van der Waals surface area contributed by atoms with Crippen molar-refractivity contribution in [3.63, 3.8) is 0 Å². The standard InChI is InChI=1S/C16H18ClN7O2/c17-13-8-19-16(21-12-7-20-24(9-12)4-5-25)23-15(13)22-14(10-26)11-2-1-3-18-6-11/h1-3,6-9,14,25-26H,4-5,10H2,(H2,19,21,22,23)/t14-/m1/s1. The van der Waals surface area contributed by atoms with E-state index in [2.05, 4.69) is 30.7 Å². The molecule has 0 fully saturated rings. The van der Waals surface area contributed by atoms with Crippen LogP contribution in [0.25, 0.3) is 0 Å². The zero-order valence-electron chi connectivity index (χ0n) is 13.7. The summed E-state index contributed by atoms with van der Waals surface area (Å²) in [6, 6.07) is 3.24. The van der Waals surface area contributed by atoms with Crippen LogP contribution in [-0.4, -0.2) is 48.2 Å². The summed E-state index contributed by atoms with van der Waals surface area (Å²) in [6.45, 7) is 0.255. The number of halogens is 1. The van der Waals surface area contributed by atoms with Gasteiger partial charge in [-0.1, -0.05) is 17.7 Å². The van der Waals surface area contributed by atoms with Crippen LogP contribution in [0.5, 0.6) is 0 Å². The lowest BCUT2D eigenvalue weighted by atomic mass is 10.1. The van der Waals surface area contributed by atoms with E-state index in [1.54, 1.807) is 35.5 Å². The summed E-state index contributed by atoms with van der Waals surface area (Å²) in [5, 5.41) is 29.1. The fraction of sp³-hybridized carbons (Fsp3) is 0.250. The van der Waals surface area contributed by atoms with Gasteiger partial charge in [-0.15, -0.1) is 0 Å². The highest BCUT2D eigenvalue weighted by molar-refractivity contribution is 6.32. The van der Waals surface area contributed by atoms with E-state index in [4.69, 9.17) is 16.7 Å². The Labute approximate surface area is 154 Å². The van der Waals surface area contributed by atoms with Crippen LogP contribution in [0.2, 0.25) is 5.02 Å². The molecule has 0 saturated heterocycles. The second kappa shape index (κ2) is 8.56. The van der Waals surface area contributed by atoms with Gasteiger partial charge in [-0.2, -0.15) is 10.1 Å². The maximum Gasteiger partial charge on any atom is 0.229 e. The zero-order valence-corrected chi connectivity index (χ0v) is 14.5. The Morgan fingerprint density at radius 3 is 2.85 bits per heavy atom. The largest absolute Gasteiger partial charge is 0.394 e. The average Bonchev–Trinajstić information content (AvgIpc) is 3.10. The lowest BCUT2D eigenvalue weighted by molar-refractivity contribution is 0.269. The van der Waals surface area contributed by atoms with Gasteiger partial charge in [-0.05, 0) is 11.6 Å². The summed E-state index contributed by atoms with van der Waals surface area (Å²) in [7, 11) is 0. The minimum atomic E-state index is -0.406. The second-order valence-electron chi connectivity index (χ2n) is 5.40. The third-order valence-corrected chi connectivity index (χ3v) is 3.82. The first-order valence-corrected chi connectivity index (χ1v) is 8.27. The Hall–Kier alpha value is -2.75. The van der Waals surface area contributed by atoms with Crippen molar-refractivity contribution in [3.05, 3.63) is 53.7 Å². The van der Waals surface area contributed by atoms with Crippen molar-refractivity contribution in [2.45, 2.75) is 12.6 Å². The third-order valence-electron chi connectivity index (χ3n) is 3.54. The summed E-state index contributed by atoms with van der Waals surface area (Å²) in [6.07, 6.45) is 8.13. The van der Waals surface area contributed by atoms with Gasteiger partial charge >= 0.3 is 0 Å². The van der Waals surface area contributed by atoms with Crippen LogP contribution in [0.1, 0.15) is 11.6 Å². The lowest BCUT2D eigenvalue weighted by Gasteiger charge is -2.18. The fourth-order valence-corrected chi connectivity index (χ4v) is 2.44. The van der Waals surface area contributed by atoms with E-state index < -0.39 is 6.04 Å². The van der Waals surface area contributed by atoms with Crippen LogP contribution >= 0.6 is 11.6 Å². The number of rotatable bonds is 8. The van der Waals surface area contributed by atoms with Crippen LogP contribution in [0, 0.1) is 0 Å². The predicted molar refractivity (Wildman–Crippen MR) is 97.3 cm³/mol. The predicted octanol–water partition coefficient (Wildman–Crippen LogP) is 1.60. The summed E-state index contributed by atoms with van der Waals surface area (Å²) in [5.74, 6) is 0.707. The van der Waals surface area contributed by atoms with Gasteiger partial charge in [0.2, 0.25) is 5.95 Å². The van der Waals surface area contributed by atoms with Gasteiger partial charge in [0.15, 0.2) is 5.82 Å². The molecule has 4 N–H and O–H groups in total. The molecule has 0 unspecified atom stereocenters. The van der Waals surface area contributed by atoms with E-state index in [1.165, 1.54) is 6.20 Å². The molecule has 0 aliphatic rings. The number of aromatic nitrogens is 5. The molecule has 0 spiro atoms. The van der Waals surface area contributed by atoms with Gasteiger partial charge < -0.3 is 20.8 Å². The normalized spacial score (nSPS) is 12.0. The smallest absolute Gasteiger partial charge is 0.229 e. The Morgan fingerprint density at radius 2 is 2.12 bits per heavy atom. The van der Waals surface area contributed by atoms with Crippen LogP contribution in [0.4, 0.5) is 17.5 Å². The summed E-state index contributed by atoms with van der Waals surface area (Å²) < 4.78 is 1.60. The van der Waals surface area contributed by atoms with Crippen LogP contribution < -0.4 is 10.6 Å². The number of hydrogen-bond acceptors (Lipinski definition) is 8. The average molecular weight is 376 g/mol. The maximum absolute atomic E-state index is 9.67. The number of pyridine rings is 1. The molecule has 9 nitrogen and oxygen atoms in total. The van der Waals surface area contributed by atoms with E-state index in [0.717, 1.165) is 5.56 Å². The molecule has 0 aromatic carbocycles. The third kappa shape index (κ3) is 4.45. The van der Waals surface area contributed by atoms with Crippen molar-refractivity contribution in [2.24, 2.45) is 0 Å². The molecule has 0 aliphatic carbocycles. The van der Waals surface area contributed by atoms with Crippen LogP contribution in [0.15, 0.2) is 43.1 Å². The number of anilines is 3. The summed E-state index contributed by atoms with van der Waals surface area (Å²) >= 11 is 6.18. The molecule has 3 heterocycles. The highest BCUT2D eigenvalue weighted by atomic mass is 35.5. The fourth-order valence-electron chi connectivity index (χ4n) is 2.29. The molecule has 0 saturated carbocycles. The van der Waals surface area contributed by atoms with Gasteiger partial charge in [-0.3, -0.25) is 9.67 Å². The van der Waals surface area contributed by atoms with E-state index in [-0.39, 0.29) is 13.2 Å². The molecule has 0 bridgehead atoms. The molecule has 0 radical (unpaired) electrons. The SMILES string of the molecule is OCCn1cc(Nc2ncc(Cl)c(N[C@H](CO)c3cccnc3)n2)cn1. The van der Waals surface area contributed by atoms with Gasteiger partial charge in [0.1, 0.15) is 5.02 Å². The second-order valence-corrected chi connectivity index (χ2v) is 5.80. The topological polar surface area (TPSA) is 121 Å². The highest BCUT2D eigenvalue weighted by Crippen LogP contribution is 2.25. The highest BCUT2D eigenvalue weighted by Gasteiger charge is 2.14. The van der Waals surface area contributed by atoms with Crippen molar-refractivity contribution >= 4 is 29.1 Å². The molecule has 3 aromatic rings. The first kappa shape index (κ1) is 18.1. The molecule has 10 heteroatoms. The van der Waals surface area contributed by atoms with Crippen molar-refractivity contribution < 1.29 is 10.2 Å². The molecule has 1 atom stereocenters. The first-order chi connectivity index (χ1) is 12.7. The van der Waals surface area contributed by atoms with Gasteiger partial charge in [0.25, 0.3) is 0 Å². The first-order valence-electron chi connectivity index (χ1n) is 7.90. The Kier molecular flexibility index (Phi) is 5.95. The number of nitrogens with zero attached hydrogens (tertiary/aromatic N) is 5. The summed E-state index contributed by atoms with van der Waals surface area (Å²) in [4.78, 5) is 12.5. The molecule has 3 rings (SSSR count). The maximum atomic E-state index is 9.67.